The van der Waals surface area contributed by atoms with Crippen LogP contribution in [0, 0.1) is 5.41 Å². The third-order valence-electron chi connectivity index (χ3n) is 5.34. The molecule has 2 amide bonds. The van der Waals surface area contributed by atoms with Gasteiger partial charge in [-0.1, -0.05) is 0 Å². The van der Waals surface area contributed by atoms with Crippen LogP contribution in [0.4, 0.5) is 0 Å². The van der Waals surface area contributed by atoms with E-state index in [0.717, 1.165) is 45.4 Å². The average molecular weight is 318 g/mol. The zero-order valence-corrected chi connectivity index (χ0v) is 13.8. The van der Waals surface area contributed by atoms with E-state index in [-0.39, 0.29) is 17.2 Å². The third kappa shape index (κ3) is 3.58. The molecule has 23 heavy (non-hydrogen) atoms. The molecule has 0 radical (unpaired) electrons. The van der Waals surface area contributed by atoms with Gasteiger partial charge in [0, 0.05) is 26.3 Å². The molecule has 126 valence electrons. The van der Waals surface area contributed by atoms with Crippen LogP contribution in [0.25, 0.3) is 0 Å². The zero-order valence-electron chi connectivity index (χ0n) is 13.8. The van der Waals surface area contributed by atoms with Crippen molar-refractivity contribution in [1.29, 1.82) is 0 Å². The Bertz CT molecular complexity index is 547. The quantitative estimate of drug-likeness (QED) is 0.876. The monoisotopic (exact) mass is 318 g/mol. The van der Waals surface area contributed by atoms with Gasteiger partial charge in [-0.3, -0.25) is 14.5 Å². The fourth-order valence-corrected chi connectivity index (χ4v) is 3.89. The number of likely N-dealkylation sites (tertiary alicyclic amines) is 2. The molecule has 1 spiro atoms. The van der Waals surface area contributed by atoms with Crippen LogP contribution >= 0.6 is 0 Å². The van der Waals surface area contributed by atoms with Crippen LogP contribution in [0.1, 0.15) is 36.2 Å². The summed E-state index contributed by atoms with van der Waals surface area (Å²) in [5, 5.41) is 2.68. The Kier molecular flexibility index (Phi) is 4.71. The third-order valence-corrected chi connectivity index (χ3v) is 5.34. The molecule has 0 aromatic carbocycles. The van der Waals surface area contributed by atoms with Crippen LogP contribution in [0.5, 0.6) is 0 Å². The number of aromatic nitrogens is 1. The first-order chi connectivity index (χ1) is 11.1. The van der Waals surface area contributed by atoms with Crippen LogP contribution in [-0.4, -0.2) is 66.4 Å². The molecule has 2 fully saturated rings. The Balaban J connectivity index is 1.58. The lowest BCUT2D eigenvalue weighted by atomic mass is 9.72. The highest BCUT2D eigenvalue weighted by atomic mass is 16.2. The summed E-state index contributed by atoms with van der Waals surface area (Å²) in [6, 6.07) is 3.71. The van der Waals surface area contributed by atoms with Crippen molar-refractivity contribution in [2.24, 2.45) is 5.41 Å². The predicted molar refractivity (Wildman–Crippen MR) is 88.1 cm³/mol. The van der Waals surface area contributed by atoms with E-state index >= 15 is 0 Å². The largest absolute Gasteiger partial charge is 0.358 e. The number of nitrogens with one attached hydrogen (secondary N) is 2. The van der Waals surface area contributed by atoms with E-state index in [2.05, 4.69) is 15.2 Å². The molecule has 2 aliphatic heterocycles. The molecular formula is C17H26N4O2. The van der Waals surface area contributed by atoms with Crippen LogP contribution in [-0.2, 0) is 4.79 Å². The number of nitrogens with zero attached hydrogens (tertiary/aromatic N) is 2. The number of hydrogen-bond acceptors (Lipinski definition) is 3. The van der Waals surface area contributed by atoms with Crippen LogP contribution < -0.4 is 5.32 Å². The highest BCUT2D eigenvalue weighted by Gasteiger charge is 2.40. The molecule has 0 bridgehead atoms. The van der Waals surface area contributed by atoms with Gasteiger partial charge >= 0.3 is 0 Å². The van der Waals surface area contributed by atoms with Gasteiger partial charge in [-0.2, -0.15) is 0 Å². The molecule has 1 aromatic heterocycles. The Morgan fingerprint density at radius 2 is 2.04 bits per heavy atom. The lowest BCUT2D eigenvalue weighted by Gasteiger charge is -2.47. The lowest BCUT2D eigenvalue weighted by molar-refractivity contribution is -0.122. The molecule has 2 saturated heterocycles. The molecule has 6 heteroatoms. The van der Waals surface area contributed by atoms with Crippen molar-refractivity contribution < 1.29 is 9.59 Å². The van der Waals surface area contributed by atoms with Gasteiger partial charge in [-0.25, -0.2) is 0 Å². The number of hydrogen-bond donors (Lipinski definition) is 2. The normalized spacial score (nSPS) is 21.3. The Hall–Kier alpha value is -1.82. The van der Waals surface area contributed by atoms with E-state index in [1.807, 2.05) is 17.0 Å². The van der Waals surface area contributed by atoms with E-state index in [9.17, 15) is 9.59 Å². The lowest BCUT2D eigenvalue weighted by Crippen LogP contribution is -2.52. The molecule has 0 atom stereocenters. The second-order valence-electron chi connectivity index (χ2n) is 6.86. The Morgan fingerprint density at radius 3 is 2.70 bits per heavy atom. The summed E-state index contributed by atoms with van der Waals surface area (Å²) in [5.41, 5.74) is 0.916. The highest BCUT2D eigenvalue weighted by molar-refractivity contribution is 5.92. The van der Waals surface area contributed by atoms with E-state index in [4.69, 9.17) is 0 Å². The molecule has 2 N–H and O–H groups in total. The summed E-state index contributed by atoms with van der Waals surface area (Å²) >= 11 is 0. The summed E-state index contributed by atoms with van der Waals surface area (Å²) in [5.74, 6) is 0.190. The van der Waals surface area contributed by atoms with Crippen molar-refractivity contribution in [2.45, 2.75) is 25.7 Å². The Labute approximate surface area is 137 Å². The molecule has 3 rings (SSSR count). The highest BCUT2D eigenvalue weighted by Crippen LogP contribution is 2.40. The first kappa shape index (κ1) is 16.1. The number of aromatic amines is 1. The molecule has 3 heterocycles. The number of rotatable bonds is 3. The topological polar surface area (TPSA) is 68.4 Å². The molecule has 0 unspecified atom stereocenters. The van der Waals surface area contributed by atoms with Gasteiger partial charge in [-0.05, 0) is 56.3 Å². The predicted octanol–water partition coefficient (Wildman–Crippen LogP) is 1.08. The second kappa shape index (κ2) is 6.74. The minimum atomic E-state index is 0.0770. The van der Waals surface area contributed by atoms with Gasteiger partial charge in [0.05, 0.1) is 6.54 Å². The summed E-state index contributed by atoms with van der Waals surface area (Å²) in [6.07, 6.45) is 6.19. The van der Waals surface area contributed by atoms with Crippen molar-refractivity contribution in [1.82, 2.24) is 20.1 Å². The summed E-state index contributed by atoms with van der Waals surface area (Å²) in [4.78, 5) is 31.3. The fourth-order valence-electron chi connectivity index (χ4n) is 3.89. The average Bonchev–Trinajstić information content (AvgIpc) is 3.11. The molecule has 0 saturated carbocycles. The number of piperidine rings is 2. The van der Waals surface area contributed by atoms with Crippen molar-refractivity contribution in [2.75, 3.05) is 39.8 Å². The summed E-state index contributed by atoms with van der Waals surface area (Å²) < 4.78 is 0. The second-order valence-corrected chi connectivity index (χ2v) is 6.86. The van der Waals surface area contributed by atoms with E-state index in [1.54, 1.807) is 13.2 Å². The van der Waals surface area contributed by atoms with Crippen molar-refractivity contribution >= 4 is 11.8 Å². The molecule has 6 nitrogen and oxygen atoms in total. The summed E-state index contributed by atoms with van der Waals surface area (Å²) in [7, 11) is 1.68. The number of H-pyrrole nitrogens is 1. The van der Waals surface area contributed by atoms with Gasteiger partial charge in [0.15, 0.2) is 0 Å². The molecule has 1 aromatic rings. The maximum absolute atomic E-state index is 12.6. The Morgan fingerprint density at radius 1 is 1.26 bits per heavy atom. The fraction of sp³-hybridized carbons (Fsp3) is 0.647. The van der Waals surface area contributed by atoms with Crippen LogP contribution in [0.3, 0.4) is 0 Å². The van der Waals surface area contributed by atoms with Gasteiger partial charge in [0.2, 0.25) is 5.91 Å². The smallest absolute Gasteiger partial charge is 0.270 e. The number of carbonyl (C=O) groups is 2. The van der Waals surface area contributed by atoms with Crippen molar-refractivity contribution in [3.05, 3.63) is 24.0 Å². The number of likely N-dealkylation sites (N-methyl/N-ethyl adjacent to an activating group) is 1. The maximum atomic E-state index is 12.6. The number of amides is 2. The van der Waals surface area contributed by atoms with Gasteiger partial charge in [0.25, 0.3) is 5.91 Å². The molecular weight excluding hydrogens is 292 g/mol. The molecule has 0 aliphatic carbocycles. The van der Waals surface area contributed by atoms with Crippen LogP contribution in [0.2, 0.25) is 0 Å². The van der Waals surface area contributed by atoms with E-state index < -0.39 is 0 Å². The number of carbonyl (C=O) groups excluding carboxylic acids is 2. The zero-order chi connectivity index (χ0) is 16.3. The molecule has 2 aliphatic rings. The van der Waals surface area contributed by atoms with Crippen molar-refractivity contribution in [3.8, 4) is 0 Å². The SMILES string of the molecule is CNC(=O)CN1CCC2(CCCN(C(=O)c3ccc[nH]3)C2)CC1. The van der Waals surface area contributed by atoms with Crippen LogP contribution in [0.15, 0.2) is 18.3 Å². The van der Waals surface area contributed by atoms with Gasteiger partial charge in [0.1, 0.15) is 5.69 Å². The van der Waals surface area contributed by atoms with Gasteiger partial charge < -0.3 is 15.2 Å². The minimum absolute atomic E-state index is 0.0770. The van der Waals surface area contributed by atoms with Crippen molar-refractivity contribution in [3.63, 3.8) is 0 Å². The van der Waals surface area contributed by atoms with Gasteiger partial charge in [-0.15, -0.1) is 0 Å². The van der Waals surface area contributed by atoms with E-state index in [0.29, 0.717) is 12.2 Å². The first-order valence-corrected chi connectivity index (χ1v) is 8.47. The summed E-state index contributed by atoms with van der Waals surface area (Å²) in [6.45, 7) is 4.06. The minimum Gasteiger partial charge on any atom is -0.358 e. The standard InChI is InChI=1S/C17H26N4O2/c1-18-15(22)12-20-10-6-17(7-11-20)5-3-9-21(13-17)16(23)14-4-2-8-19-14/h2,4,8,19H,3,5-7,9-13H2,1H3,(H,18,22). The maximum Gasteiger partial charge on any atom is 0.270 e. The first-order valence-electron chi connectivity index (χ1n) is 8.47. The van der Waals surface area contributed by atoms with E-state index in [1.165, 1.54) is 6.42 Å².